The normalized spacial score (nSPS) is 16.3. The predicted molar refractivity (Wildman–Crippen MR) is 133 cm³/mol. The molecule has 0 aliphatic carbocycles. The van der Waals surface area contributed by atoms with Crippen LogP contribution in [0.25, 0.3) is 0 Å². The van der Waals surface area contributed by atoms with Gasteiger partial charge < -0.3 is 29.5 Å². The van der Waals surface area contributed by atoms with Gasteiger partial charge in [0.15, 0.2) is 5.82 Å². The molecule has 0 unspecified atom stereocenters. The highest BCUT2D eigenvalue weighted by Gasteiger charge is 2.35. The number of hydrogen-bond donors (Lipinski definition) is 2. The summed E-state index contributed by atoms with van der Waals surface area (Å²) in [6.07, 6.45) is 1.37. The van der Waals surface area contributed by atoms with Crippen LogP contribution in [0.2, 0.25) is 0 Å². The van der Waals surface area contributed by atoms with Crippen LogP contribution in [0.3, 0.4) is 0 Å². The van der Waals surface area contributed by atoms with Gasteiger partial charge in [-0.2, -0.15) is 0 Å². The van der Waals surface area contributed by atoms with Gasteiger partial charge in [-0.3, -0.25) is 14.4 Å². The summed E-state index contributed by atoms with van der Waals surface area (Å²) in [6, 6.07) is 7.78. The second-order valence-electron chi connectivity index (χ2n) is 9.97. The van der Waals surface area contributed by atoms with Crippen molar-refractivity contribution < 1.29 is 28.4 Å². The summed E-state index contributed by atoms with van der Waals surface area (Å²) in [7, 11) is 1.57. The van der Waals surface area contributed by atoms with Crippen molar-refractivity contribution >= 4 is 23.5 Å². The zero-order valence-electron chi connectivity index (χ0n) is 21.6. The second kappa shape index (κ2) is 12.0. The maximum atomic E-state index is 13.6. The van der Waals surface area contributed by atoms with E-state index in [1.54, 1.807) is 44.4 Å². The zero-order valence-corrected chi connectivity index (χ0v) is 21.6. The van der Waals surface area contributed by atoms with E-state index in [-0.39, 0.29) is 43.2 Å². The fourth-order valence-corrected chi connectivity index (χ4v) is 4.05. The topological polar surface area (TPSA) is 123 Å². The highest BCUT2D eigenvalue weighted by Crippen LogP contribution is 2.28. The Morgan fingerprint density at radius 2 is 1.92 bits per heavy atom. The quantitative estimate of drug-likeness (QED) is 0.513. The standard InChI is InChI=1S/C26H36N4O6/c1-17-15-21(29-36-17)27-22(31)12-13-23(32)30(16-20-7-6-14-35-20)24(25(33)28-26(2,3)4)18-8-10-19(34-5)11-9-18/h8-11,15,20,24H,6-7,12-14,16H2,1-5H3,(H,28,33)(H,27,29,31)/t20-,24-/m1/s1. The first-order valence-corrected chi connectivity index (χ1v) is 12.2. The molecule has 2 heterocycles. The van der Waals surface area contributed by atoms with Crippen molar-refractivity contribution in [3.8, 4) is 5.75 Å². The fourth-order valence-electron chi connectivity index (χ4n) is 4.05. The molecule has 36 heavy (non-hydrogen) atoms. The number of aromatic nitrogens is 1. The lowest BCUT2D eigenvalue weighted by molar-refractivity contribution is -0.143. The number of anilines is 1. The number of hydrogen-bond acceptors (Lipinski definition) is 7. The Morgan fingerprint density at radius 3 is 2.47 bits per heavy atom. The molecule has 10 heteroatoms. The van der Waals surface area contributed by atoms with E-state index in [1.807, 2.05) is 20.8 Å². The number of nitrogens with zero attached hydrogens (tertiary/aromatic N) is 2. The Morgan fingerprint density at radius 1 is 1.19 bits per heavy atom. The van der Waals surface area contributed by atoms with E-state index in [2.05, 4.69) is 15.8 Å². The minimum absolute atomic E-state index is 0.0665. The van der Waals surface area contributed by atoms with Crippen molar-refractivity contribution in [2.24, 2.45) is 0 Å². The average Bonchev–Trinajstić information content (AvgIpc) is 3.48. The lowest BCUT2D eigenvalue weighted by Gasteiger charge is -2.35. The second-order valence-corrected chi connectivity index (χ2v) is 9.97. The molecule has 10 nitrogen and oxygen atoms in total. The van der Waals surface area contributed by atoms with Crippen molar-refractivity contribution in [1.82, 2.24) is 15.4 Å². The summed E-state index contributed by atoms with van der Waals surface area (Å²) in [5, 5.41) is 9.37. The van der Waals surface area contributed by atoms with Crippen LogP contribution in [0.5, 0.6) is 5.75 Å². The lowest BCUT2D eigenvalue weighted by atomic mass is 10.00. The summed E-state index contributed by atoms with van der Waals surface area (Å²) < 4.78 is 16.0. The lowest BCUT2D eigenvalue weighted by Crippen LogP contribution is -2.50. The van der Waals surface area contributed by atoms with Gasteiger partial charge in [0.1, 0.15) is 17.6 Å². The summed E-state index contributed by atoms with van der Waals surface area (Å²) in [6.45, 7) is 8.25. The third-order valence-electron chi connectivity index (χ3n) is 5.70. The minimum atomic E-state index is -0.895. The molecule has 0 saturated carbocycles. The van der Waals surface area contributed by atoms with Crippen molar-refractivity contribution in [1.29, 1.82) is 0 Å². The largest absolute Gasteiger partial charge is 0.497 e. The molecular weight excluding hydrogens is 464 g/mol. The van der Waals surface area contributed by atoms with Gasteiger partial charge in [0.05, 0.1) is 13.2 Å². The number of amides is 3. The summed E-state index contributed by atoms with van der Waals surface area (Å²) in [5.74, 6) is 0.515. The van der Waals surface area contributed by atoms with E-state index in [4.69, 9.17) is 14.0 Å². The number of methoxy groups -OCH3 is 1. The number of carbonyl (C=O) groups excluding carboxylic acids is 3. The minimum Gasteiger partial charge on any atom is -0.497 e. The average molecular weight is 501 g/mol. The number of ether oxygens (including phenoxy) is 2. The fraction of sp³-hybridized carbons (Fsp3) is 0.538. The van der Waals surface area contributed by atoms with Gasteiger partial charge in [-0.15, -0.1) is 0 Å². The van der Waals surface area contributed by atoms with E-state index in [0.29, 0.717) is 29.5 Å². The molecular formula is C26H36N4O6. The van der Waals surface area contributed by atoms with Crippen LogP contribution >= 0.6 is 0 Å². The summed E-state index contributed by atoms with van der Waals surface area (Å²) in [4.78, 5) is 41.1. The van der Waals surface area contributed by atoms with Gasteiger partial charge in [-0.05, 0) is 58.2 Å². The Balaban J connectivity index is 1.84. The third kappa shape index (κ3) is 7.81. The first kappa shape index (κ1) is 27.2. The molecule has 1 aromatic heterocycles. The van der Waals surface area contributed by atoms with Gasteiger partial charge in [0.25, 0.3) is 0 Å². The molecule has 1 aliphatic heterocycles. The number of aryl methyl sites for hydroxylation is 1. The van der Waals surface area contributed by atoms with E-state index >= 15 is 0 Å². The van der Waals surface area contributed by atoms with E-state index in [0.717, 1.165) is 12.8 Å². The van der Waals surface area contributed by atoms with Crippen LogP contribution in [0.4, 0.5) is 5.82 Å². The Bertz CT molecular complexity index is 1040. The highest BCUT2D eigenvalue weighted by atomic mass is 16.5. The SMILES string of the molecule is COc1ccc([C@H](C(=O)NC(C)(C)C)N(C[C@H]2CCCO2)C(=O)CCC(=O)Nc2cc(C)on2)cc1. The number of nitrogens with one attached hydrogen (secondary N) is 2. The van der Waals surface area contributed by atoms with E-state index in [9.17, 15) is 14.4 Å². The van der Waals surface area contributed by atoms with Gasteiger partial charge in [-0.25, -0.2) is 0 Å². The van der Waals surface area contributed by atoms with Crippen molar-refractivity contribution in [3.05, 3.63) is 41.7 Å². The molecule has 0 spiro atoms. The summed E-state index contributed by atoms with van der Waals surface area (Å²) >= 11 is 0. The smallest absolute Gasteiger partial charge is 0.247 e. The molecule has 2 N–H and O–H groups in total. The first-order chi connectivity index (χ1) is 17.1. The van der Waals surface area contributed by atoms with E-state index in [1.165, 1.54) is 4.90 Å². The van der Waals surface area contributed by atoms with Crippen molar-refractivity contribution in [2.75, 3.05) is 25.6 Å². The van der Waals surface area contributed by atoms with Crippen LogP contribution in [0.15, 0.2) is 34.9 Å². The molecule has 2 aromatic rings. The number of benzene rings is 1. The van der Waals surface area contributed by atoms with Crippen LogP contribution in [-0.4, -0.2) is 59.7 Å². The predicted octanol–water partition coefficient (Wildman–Crippen LogP) is 3.37. The molecule has 2 atom stereocenters. The molecule has 1 saturated heterocycles. The molecule has 1 fully saturated rings. The van der Waals surface area contributed by atoms with Crippen LogP contribution in [-0.2, 0) is 19.1 Å². The Hall–Kier alpha value is -3.40. The molecule has 0 bridgehead atoms. The van der Waals surface area contributed by atoms with Crippen molar-refractivity contribution in [3.63, 3.8) is 0 Å². The van der Waals surface area contributed by atoms with Gasteiger partial charge in [0.2, 0.25) is 17.7 Å². The number of rotatable bonds is 10. The molecule has 1 aliphatic rings. The monoisotopic (exact) mass is 500 g/mol. The maximum absolute atomic E-state index is 13.6. The number of carbonyl (C=O) groups is 3. The van der Waals surface area contributed by atoms with E-state index < -0.39 is 11.6 Å². The van der Waals surface area contributed by atoms with Gasteiger partial charge >= 0.3 is 0 Å². The zero-order chi connectivity index (χ0) is 26.3. The van der Waals surface area contributed by atoms with Crippen molar-refractivity contribution in [2.45, 2.75) is 71.1 Å². The Labute approximate surface area is 211 Å². The molecule has 3 amide bonds. The van der Waals surface area contributed by atoms with Crippen LogP contribution < -0.4 is 15.4 Å². The Kier molecular flexibility index (Phi) is 9.08. The molecule has 0 radical (unpaired) electrons. The summed E-state index contributed by atoms with van der Waals surface area (Å²) in [5.41, 5.74) is 0.141. The maximum Gasteiger partial charge on any atom is 0.247 e. The van der Waals surface area contributed by atoms with Gasteiger partial charge in [0, 0.05) is 37.6 Å². The molecule has 196 valence electrons. The highest BCUT2D eigenvalue weighted by molar-refractivity contribution is 5.94. The van der Waals surface area contributed by atoms with Crippen LogP contribution in [0, 0.1) is 6.92 Å². The third-order valence-corrected chi connectivity index (χ3v) is 5.70. The first-order valence-electron chi connectivity index (χ1n) is 12.2. The van der Waals surface area contributed by atoms with Gasteiger partial charge in [-0.1, -0.05) is 17.3 Å². The molecule has 3 rings (SSSR count). The van der Waals surface area contributed by atoms with Crippen LogP contribution in [0.1, 0.15) is 63.8 Å². The molecule has 1 aromatic carbocycles.